The molecule has 1 aliphatic rings. The summed E-state index contributed by atoms with van der Waals surface area (Å²) in [6.45, 7) is 4.16. The fourth-order valence-electron chi connectivity index (χ4n) is 3.53. The zero-order valence-electron chi connectivity index (χ0n) is 19.8. The van der Waals surface area contributed by atoms with Gasteiger partial charge in [0.1, 0.15) is 5.60 Å². The minimum Gasteiger partial charge on any atom is -0.444 e. The molecule has 0 bridgehead atoms. The van der Waals surface area contributed by atoms with E-state index < -0.39 is 48.7 Å². The van der Waals surface area contributed by atoms with E-state index in [2.05, 4.69) is 15.2 Å². The second kappa shape index (κ2) is 9.59. The highest BCUT2D eigenvalue weighted by Gasteiger charge is 2.54. The van der Waals surface area contributed by atoms with Crippen LogP contribution in [0, 0.1) is 0 Å². The number of nitrogens with zero attached hydrogens (tertiary/aromatic N) is 5. The molecular formula is C24H24F3N5O4. The van der Waals surface area contributed by atoms with Gasteiger partial charge >= 0.3 is 12.5 Å². The molecule has 0 aliphatic carbocycles. The second-order valence-electron chi connectivity index (χ2n) is 9.31. The van der Waals surface area contributed by atoms with Gasteiger partial charge in [-0.2, -0.15) is 8.78 Å². The van der Waals surface area contributed by atoms with E-state index in [0.29, 0.717) is 16.9 Å². The summed E-state index contributed by atoms with van der Waals surface area (Å²) in [6.07, 6.45) is -2.25. The van der Waals surface area contributed by atoms with Crippen LogP contribution in [0.4, 0.5) is 23.7 Å². The lowest BCUT2D eigenvalue weighted by Crippen LogP contribution is -2.68. The van der Waals surface area contributed by atoms with Crippen molar-refractivity contribution in [3.63, 3.8) is 0 Å². The Balaban J connectivity index is 1.50. The first-order valence-electron chi connectivity index (χ1n) is 11.1. The van der Waals surface area contributed by atoms with Crippen molar-refractivity contribution in [2.24, 2.45) is 0 Å². The van der Waals surface area contributed by atoms with Crippen molar-refractivity contribution in [3.8, 4) is 11.5 Å². The SMILES string of the molecule is CC(C)(C)OC(=O)N1CC(F)(C(=O)N(Cc2ccc(-c3nnc(C(F)F)o3)cn2)c2ccccc2)C1. The van der Waals surface area contributed by atoms with E-state index in [-0.39, 0.29) is 12.4 Å². The van der Waals surface area contributed by atoms with Crippen LogP contribution >= 0.6 is 0 Å². The topological polar surface area (TPSA) is 102 Å². The molecule has 0 N–H and O–H groups in total. The zero-order valence-corrected chi connectivity index (χ0v) is 19.8. The normalized spacial score (nSPS) is 14.9. The standard InChI is InChI=1S/C24H24F3N5O4/c1-23(2,3)36-22(34)31-13-24(27,14-31)21(33)32(17-7-5-4-6-8-17)12-16-10-9-15(11-28-16)19-29-30-20(35-19)18(25)26/h4-11,18H,12-14H2,1-3H3. The van der Waals surface area contributed by atoms with Crippen LogP contribution < -0.4 is 4.90 Å². The number of hydrogen-bond acceptors (Lipinski definition) is 7. The summed E-state index contributed by atoms with van der Waals surface area (Å²) in [5.74, 6) is -1.75. The number of rotatable bonds is 6. The van der Waals surface area contributed by atoms with Crippen LogP contribution in [0.25, 0.3) is 11.5 Å². The number of likely N-dealkylation sites (tertiary alicyclic amines) is 1. The number of halogens is 3. The molecule has 36 heavy (non-hydrogen) atoms. The highest BCUT2D eigenvalue weighted by atomic mass is 19.3. The zero-order chi connectivity index (χ0) is 26.1. The Morgan fingerprint density at radius 3 is 2.39 bits per heavy atom. The van der Waals surface area contributed by atoms with E-state index in [0.717, 1.165) is 4.90 Å². The lowest BCUT2D eigenvalue weighted by Gasteiger charge is -2.45. The maximum absolute atomic E-state index is 15.6. The summed E-state index contributed by atoms with van der Waals surface area (Å²) in [6, 6.07) is 11.6. The number of hydrogen-bond donors (Lipinski definition) is 0. The lowest BCUT2D eigenvalue weighted by molar-refractivity contribution is -0.141. The molecule has 0 unspecified atom stereocenters. The molecule has 3 aromatic rings. The van der Waals surface area contributed by atoms with Gasteiger partial charge in [0.05, 0.1) is 30.9 Å². The van der Waals surface area contributed by atoms with Gasteiger partial charge in [0, 0.05) is 11.9 Å². The van der Waals surface area contributed by atoms with Gasteiger partial charge in [-0.25, -0.2) is 9.18 Å². The largest absolute Gasteiger partial charge is 0.444 e. The van der Waals surface area contributed by atoms with E-state index >= 15 is 4.39 Å². The van der Waals surface area contributed by atoms with Crippen LogP contribution in [0.15, 0.2) is 53.1 Å². The molecule has 1 fully saturated rings. The first-order valence-corrected chi connectivity index (χ1v) is 11.1. The third kappa shape index (κ3) is 5.47. The molecule has 1 aromatic carbocycles. The van der Waals surface area contributed by atoms with Crippen molar-refractivity contribution in [2.75, 3.05) is 18.0 Å². The Morgan fingerprint density at radius 2 is 1.83 bits per heavy atom. The molecule has 1 aliphatic heterocycles. The molecule has 4 rings (SSSR count). The van der Waals surface area contributed by atoms with E-state index in [1.54, 1.807) is 57.2 Å². The number of carbonyl (C=O) groups is 2. The molecular weight excluding hydrogens is 479 g/mol. The Bertz CT molecular complexity index is 1220. The van der Waals surface area contributed by atoms with Crippen molar-refractivity contribution in [1.29, 1.82) is 0 Å². The fourth-order valence-corrected chi connectivity index (χ4v) is 3.53. The summed E-state index contributed by atoms with van der Waals surface area (Å²) in [5.41, 5.74) is -1.88. The molecule has 0 atom stereocenters. The van der Waals surface area contributed by atoms with Gasteiger partial charge < -0.3 is 19.0 Å². The summed E-state index contributed by atoms with van der Waals surface area (Å²) < 4.78 is 51.2. The Morgan fingerprint density at radius 1 is 1.14 bits per heavy atom. The molecule has 3 heterocycles. The summed E-state index contributed by atoms with van der Waals surface area (Å²) in [5, 5.41) is 6.86. The molecule has 190 valence electrons. The second-order valence-corrected chi connectivity index (χ2v) is 9.31. The molecule has 2 amide bonds. The van der Waals surface area contributed by atoms with Gasteiger partial charge in [-0.3, -0.25) is 9.78 Å². The van der Waals surface area contributed by atoms with Gasteiger partial charge in [-0.05, 0) is 45.0 Å². The number of carbonyl (C=O) groups excluding carboxylic acids is 2. The molecule has 1 saturated heterocycles. The molecule has 0 radical (unpaired) electrons. The minimum atomic E-state index is -2.89. The van der Waals surface area contributed by atoms with Gasteiger partial charge in [0.15, 0.2) is 0 Å². The summed E-state index contributed by atoms with van der Waals surface area (Å²) in [4.78, 5) is 32.1. The van der Waals surface area contributed by atoms with Crippen LogP contribution in [-0.4, -0.2) is 56.4 Å². The van der Waals surface area contributed by atoms with Gasteiger partial charge in [-0.1, -0.05) is 18.2 Å². The quantitative estimate of drug-likeness (QED) is 0.486. The number of aromatic nitrogens is 3. The predicted octanol–water partition coefficient (Wildman–Crippen LogP) is 4.56. The van der Waals surface area contributed by atoms with Gasteiger partial charge in [0.2, 0.25) is 11.6 Å². The highest BCUT2D eigenvalue weighted by molar-refractivity contribution is 6.01. The molecule has 9 nitrogen and oxygen atoms in total. The maximum Gasteiger partial charge on any atom is 0.410 e. The number of alkyl halides is 3. The number of para-hydroxylation sites is 1. The van der Waals surface area contributed by atoms with E-state index in [4.69, 9.17) is 9.15 Å². The van der Waals surface area contributed by atoms with Crippen molar-refractivity contribution in [1.82, 2.24) is 20.1 Å². The van der Waals surface area contributed by atoms with Crippen molar-refractivity contribution >= 4 is 17.7 Å². The van der Waals surface area contributed by atoms with Crippen LogP contribution in [-0.2, 0) is 16.1 Å². The summed E-state index contributed by atoms with van der Waals surface area (Å²) >= 11 is 0. The van der Waals surface area contributed by atoms with E-state index in [1.807, 2.05) is 0 Å². The van der Waals surface area contributed by atoms with Crippen LogP contribution in [0.1, 0.15) is 38.8 Å². The minimum absolute atomic E-state index is 0.0760. The molecule has 2 aromatic heterocycles. The highest BCUT2D eigenvalue weighted by Crippen LogP contribution is 2.32. The van der Waals surface area contributed by atoms with Crippen molar-refractivity contribution in [2.45, 2.75) is 45.0 Å². The van der Waals surface area contributed by atoms with Gasteiger partial charge in [-0.15, -0.1) is 10.2 Å². The van der Waals surface area contributed by atoms with E-state index in [9.17, 15) is 18.4 Å². The Hall–Kier alpha value is -3.96. The monoisotopic (exact) mass is 503 g/mol. The Kier molecular flexibility index (Phi) is 6.70. The van der Waals surface area contributed by atoms with Crippen molar-refractivity contribution in [3.05, 3.63) is 60.2 Å². The van der Waals surface area contributed by atoms with Crippen LogP contribution in [0.2, 0.25) is 0 Å². The average Bonchev–Trinajstić information content (AvgIpc) is 3.30. The number of pyridine rings is 1. The smallest absolute Gasteiger partial charge is 0.410 e. The Labute approximate surface area is 204 Å². The molecule has 0 spiro atoms. The molecule has 12 heteroatoms. The predicted molar refractivity (Wildman–Crippen MR) is 122 cm³/mol. The third-order valence-electron chi connectivity index (χ3n) is 5.25. The van der Waals surface area contributed by atoms with E-state index in [1.165, 1.54) is 17.2 Å². The van der Waals surface area contributed by atoms with Crippen LogP contribution in [0.5, 0.6) is 0 Å². The number of amides is 2. The summed E-state index contributed by atoms with van der Waals surface area (Å²) in [7, 11) is 0. The maximum atomic E-state index is 15.6. The van der Waals surface area contributed by atoms with Crippen LogP contribution in [0.3, 0.4) is 0 Å². The first kappa shape index (κ1) is 25.1. The average molecular weight is 503 g/mol. The first-order chi connectivity index (χ1) is 16.9. The number of ether oxygens (including phenoxy) is 1. The van der Waals surface area contributed by atoms with Crippen molar-refractivity contribution < 1.29 is 31.9 Å². The third-order valence-corrected chi connectivity index (χ3v) is 5.25. The number of benzene rings is 1. The fraction of sp³-hybridized carbons (Fsp3) is 0.375. The lowest BCUT2D eigenvalue weighted by atomic mass is 9.94. The van der Waals surface area contributed by atoms with Gasteiger partial charge in [0.25, 0.3) is 11.8 Å². The number of anilines is 1. The molecule has 0 saturated carbocycles.